The van der Waals surface area contributed by atoms with Gasteiger partial charge in [0.2, 0.25) is 11.8 Å². The second kappa shape index (κ2) is 14.6. The third-order valence-electron chi connectivity index (χ3n) is 8.04. The zero-order chi connectivity index (χ0) is 31.0. The fraction of sp³-hybridized carbons (Fsp3) is 0.412. The predicted octanol–water partition coefficient (Wildman–Crippen LogP) is 5.76. The van der Waals surface area contributed by atoms with Gasteiger partial charge in [-0.1, -0.05) is 73.4 Å². The minimum absolute atomic E-state index is 0.0609. The van der Waals surface area contributed by atoms with E-state index in [1.54, 1.807) is 43.3 Å². The van der Waals surface area contributed by atoms with Crippen LogP contribution in [0.15, 0.2) is 77.7 Å². The van der Waals surface area contributed by atoms with Crippen molar-refractivity contribution in [2.45, 2.75) is 83.3 Å². The Morgan fingerprint density at radius 1 is 0.930 bits per heavy atom. The van der Waals surface area contributed by atoms with Gasteiger partial charge in [-0.3, -0.25) is 13.9 Å². The van der Waals surface area contributed by atoms with Gasteiger partial charge in [0, 0.05) is 12.6 Å². The fourth-order valence-electron chi connectivity index (χ4n) is 5.41. The fourth-order valence-corrected chi connectivity index (χ4v) is 6.84. The van der Waals surface area contributed by atoms with Crippen LogP contribution in [0.3, 0.4) is 0 Å². The van der Waals surface area contributed by atoms with Crippen molar-refractivity contribution < 1.29 is 22.7 Å². The lowest BCUT2D eigenvalue weighted by atomic mass is 9.95. The number of anilines is 1. The van der Waals surface area contributed by atoms with Crippen molar-refractivity contribution in [3.05, 3.63) is 89.5 Å². The molecule has 1 saturated carbocycles. The van der Waals surface area contributed by atoms with E-state index in [9.17, 15) is 18.0 Å². The standard InChI is InChI=1S/C34H43N3O5S/c1-5-42-32-18-12-11-17-31(32)37(43(40,41)30-21-19-25(2)20-22-30)24-33(38)36(23-28-14-10-9-13-26(28)3)27(4)34(39)35-29-15-7-6-8-16-29/h9-14,17-22,27,29H,5-8,15-16,23-24H2,1-4H3,(H,35,39)/t27-/m1/s1. The van der Waals surface area contributed by atoms with Gasteiger partial charge in [0.15, 0.2) is 0 Å². The van der Waals surface area contributed by atoms with Crippen molar-refractivity contribution in [1.82, 2.24) is 10.2 Å². The molecule has 0 radical (unpaired) electrons. The minimum Gasteiger partial charge on any atom is -0.492 e. The summed E-state index contributed by atoms with van der Waals surface area (Å²) in [6, 6.07) is 20.3. The predicted molar refractivity (Wildman–Crippen MR) is 170 cm³/mol. The number of carbonyl (C=O) groups is 2. The van der Waals surface area contributed by atoms with Crippen LogP contribution < -0.4 is 14.4 Å². The van der Waals surface area contributed by atoms with E-state index in [0.29, 0.717) is 12.4 Å². The molecule has 43 heavy (non-hydrogen) atoms. The lowest BCUT2D eigenvalue weighted by molar-refractivity contribution is -0.139. The molecule has 2 amide bonds. The lowest BCUT2D eigenvalue weighted by Gasteiger charge is -2.33. The molecule has 230 valence electrons. The molecular weight excluding hydrogens is 562 g/mol. The Labute approximate surface area is 256 Å². The third kappa shape index (κ3) is 7.96. The molecule has 1 N–H and O–H groups in total. The van der Waals surface area contributed by atoms with Crippen LogP contribution in [0.4, 0.5) is 5.69 Å². The van der Waals surface area contributed by atoms with Gasteiger partial charge in [0.25, 0.3) is 10.0 Å². The molecule has 0 spiro atoms. The number of benzene rings is 3. The number of rotatable bonds is 12. The number of hydrogen-bond donors (Lipinski definition) is 1. The molecule has 1 aliphatic carbocycles. The number of aryl methyl sites for hydroxylation is 2. The van der Waals surface area contributed by atoms with Gasteiger partial charge in [0.1, 0.15) is 18.3 Å². The number of ether oxygens (including phenoxy) is 1. The normalized spacial score (nSPS) is 14.5. The van der Waals surface area contributed by atoms with Gasteiger partial charge in [-0.15, -0.1) is 0 Å². The van der Waals surface area contributed by atoms with Crippen molar-refractivity contribution in [2.75, 3.05) is 17.5 Å². The Balaban J connectivity index is 1.72. The Bertz CT molecular complexity index is 1500. The van der Waals surface area contributed by atoms with E-state index in [2.05, 4.69) is 5.32 Å². The largest absolute Gasteiger partial charge is 0.492 e. The molecule has 9 heteroatoms. The molecule has 0 aromatic heterocycles. The molecule has 1 fully saturated rings. The molecule has 0 unspecified atom stereocenters. The molecule has 0 aliphatic heterocycles. The monoisotopic (exact) mass is 605 g/mol. The summed E-state index contributed by atoms with van der Waals surface area (Å²) in [5.41, 5.74) is 3.04. The first-order chi connectivity index (χ1) is 20.6. The van der Waals surface area contributed by atoms with Crippen LogP contribution in [-0.4, -0.2) is 50.4 Å². The van der Waals surface area contributed by atoms with Crippen LogP contribution in [0.1, 0.15) is 62.6 Å². The van der Waals surface area contributed by atoms with E-state index in [-0.39, 0.29) is 29.1 Å². The highest BCUT2D eigenvalue weighted by molar-refractivity contribution is 7.92. The first-order valence-corrected chi connectivity index (χ1v) is 16.5. The highest BCUT2D eigenvalue weighted by Gasteiger charge is 2.34. The van der Waals surface area contributed by atoms with Gasteiger partial charge >= 0.3 is 0 Å². The summed E-state index contributed by atoms with van der Waals surface area (Å²) in [5.74, 6) is -0.380. The number of carbonyl (C=O) groups excluding carboxylic acids is 2. The summed E-state index contributed by atoms with van der Waals surface area (Å²) in [6.45, 7) is 7.34. The summed E-state index contributed by atoms with van der Waals surface area (Å²) < 4.78 is 35.2. The van der Waals surface area contributed by atoms with Crippen molar-refractivity contribution >= 4 is 27.5 Å². The maximum atomic E-state index is 14.3. The van der Waals surface area contributed by atoms with E-state index in [0.717, 1.165) is 53.1 Å². The molecule has 4 rings (SSSR count). The molecule has 0 bridgehead atoms. The van der Waals surface area contributed by atoms with E-state index < -0.39 is 28.5 Å². The van der Waals surface area contributed by atoms with Crippen molar-refractivity contribution in [3.8, 4) is 5.75 Å². The quantitative estimate of drug-likeness (QED) is 0.283. The maximum absolute atomic E-state index is 14.3. The van der Waals surface area contributed by atoms with E-state index in [4.69, 9.17) is 4.74 Å². The number of nitrogens with zero attached hydrogens (tertiary/aromatic N) is 2. The van der Waals surface area contributed by atoms with Crippen LogP contribution in [0.2, 0.25) is 0 Å². The molecule has 0 saturated heterocycles. The average Bonchev–Trinajstić information content (AvgIpc) is 3.00. The summed E-state index contributed by atoms with van der Waals surface area (Å²) in [6.07, 6.45) is 5.13. The number of nitrogens with one attached hydrogen (secondary N) is 1. The second-order valence-electron chi connectivity index (χ2n) is 11.2. The van der Waals surface area contributed by atoms with Crippen LogP contribution in [0.25, 0.3) is 0 Å². The topological polar surface area (TPSA) is 96.0 Å². The van der Waals surface area contributed by atoms with Crippen molar-refractivity contribution in [3.63, 3.8) is 0 Å². The number of amides is 2. The molecule has 3 aromatic rings. The molecule has 0 heterocycles. The Kier molecular flexibility index (Phi) is 10.9. The minimum atomic E-state index is -4.18. The number of sulfonamides is 1. The maximum Gasteiger partial charge on any atom is 0.264 e. The highest BCUT2D eigenvalue weighted by Crippen LogP contribution is 2.33. The molecule has 1 atom stereocenters. The Morgan fingerprint density at radius 2 is 1.58 bits per heavy atom. The Hall–Kier alpha value is -3.85. The number of hydrogen-bond acceptors (Lipinski definition) is 5. The third-order valence-corrected chi connectivity index (χ3v) is 9.82. The van der Waals surface area contributed by atoms with Crippen molar-refractivity contribution in [1.29, 1.82) is 0 Å². The molecule has 8 nitrogen and oxygen atoms in total. The van der Waals surface area contributed by atoms with Crippen LogP contribution >= 0.6 is 0 Å². The van der Waals surface area contributed by atoms with Gasteiger partial charge in [-0.05, 0) is 75.9 Å². The molecular formula is C34H43N3O5S. The summed E-state index contributed by atoms with van der Waals surface area (Å²) in [4.78, 5) is 29.4. The van der Waals surface area contributed by atoms with Crippen LogP contribution in [0, 0.1) is 13.8 Å². The van der Waals surface area contributed by atoms with Gasteiger partial charge in [0.05, 0.1) is 17.2 Å². The van der Waals surface area contributed by atoms with Crippen molar-refractivity contribution in [2.24, 2.45) is 0 Å². The molecule has 3 aromatic carbocycles. The highest BCUT2D eigenvalue weighted by atomic mass is 32.2. The zero-order valence-electron chi connectivity index (χ0n) is 25.6. The SMILES string of the molecule is CCOc1ccccc1N(CC(=O)N(Cc1ccccc1C)[C@H](C)C(=O)NC1CCCCC1)S(=O)(=O)c1ccc(C)cc1. The summed E-state index contributed by atoms with van der Waals surface area (Å²) in [5, 5.41) is 3.14. The van der Waals surface area contributed by atoms with Gasteiger partial charge in [-0.25, -0.2) is 8.42 Å². The van der Waals surface area contributed by atoms with Crippen LogP contribution in [0.5, 0.6) is 5.75 Å². The first-order valence-electron chi connectivity index (χ1n) is 15.1. The van der Waals surface area contributed by atoms with E-state index in [1.807, 2.05) is 45.0 Å². The summed E-state index contributed by atoms with van der Waals surface area (Å²) >= 11 is 0. The van der Waals surface area contributed by atoms with E-state index in [1.165, 1.54) is 17.0 Å². The number of para-hydroxylation sites is 2. The van der Waals surface area contributed by atoms with Crippen LogP contribution in [-0.2, 0) is 26.2 Å². The molecule has 1 aliphatic rings. The average molecular weight is 606 g/mol. The van der Waals surface area contributed by atoms with Gasteiger partial charge in [-0.2, -0.15) is 0 Å². The van der Waals surface area contributed by atoms with E-state index >= 15 is 0 Å². The second-order valence-corrected chi connectivity index (χ2v) is 13.1. The zero-order valence-corrected chi connectivity index (χ0v) is 26.4. The Morgan fingerprint density at radius 3 is 2.26 bits per heavy atom. The lowest BCUT2D eigenvalue weighted by Crippen LogP contribution is -2.53. The summed E-state index contributed by atoms with van der Waals surface area (Å²) in [7, 11) is -4.18. The van der Waals surface area contributed by atoms with Gasteiger partial charge < -0.3 is 15.0 Å². The smallest absolute Gasteiger partial charge is 0.264 e. The first kappa shape index (κ1) is 32.1.